The molecule has 2 heterocycles. The van der Waals surface area contributed by atoms with Gasteiger partial charge in [-0.1, -0.05) is 23.7 Å². The fourth-order valence-electron chi connectivity index (χ4n) is 3.97. The van der Waals surface area contributed by atoms with Crippen LogP contribution in [-0.4, -0.2) is 45.7 Å². The number of aliphatic hydroxyl groups excluding tert-OH is 1. The Morgan fingerprint density at radius 2 is 2.00 bits per heavy atom. The van der Waals surface area contributed by atoms with Crippen molar-refractivity contribution in [3.05, 3.63) is 34.5 Å². The Morgan fingerprint density at radius 1 is 1.20 bits per heavy atom. The Hall–Kier alpha value is -2.05. The van der Waals surface area contributed by atoms with Crippen LogP contribution in [0.3, 0.4) is 0 Å². The van der Waals surface area contributed by atoms with Gasteiger partial charge in [-0.3, -0.25) is 9.69 Å². The first-order valence-corrected chi connectivity index (χ1v) is 8.99. The number of β-amino-alcohol motifs (C(OH)–C–C–N with tert-alkyl or cyclic N) is 1. The molecule has 0 saturated carbocycles. The number of aryl methyl sites for hydroxylation is 1. The van der Waals surface area contributed by atoms with Gasteiger partial charge >= 0.3 is 6.03 Å². The average Bonchev–Trinajstić information content (AvgIpc) is 3.09. The summed E-state index contributed by atoms with van der Waals surface area (Å²) in [5.74, 6) is -0.304. The molecule has 1 aliphatic heterocycles. The van der Waals surface area contributed by atoms with Crippen molar-refractivity contribution in [1.82, 2.24) is 14.8 Å². The van der Waals surface area contributed by atoms with Gasteiger partial charge in [0.05, 0.1) is 36.3 Å². The van der Waals surface area contributed by atoms with Crippen molar-refractivity contribution in [3.8, 4) is 0 Å². The molecule has 1 aromatic heterocycles. The molecule has 1 aromatic carbocycles. The summed E-state index contributed by atoms with van der Waals surface area (Å²) < 4.78 is 2.08. The summed E-state index contributed by atoms with van der Waals surface area (Å²) in [6, 6.07) is 5.44. The summed E-state index contributed by atoms with van der Waals surface area (Å²) in [7, 11) is 0. The van der Waals surface area contributed by atoms with E-state index in [4.69, 9.17) is 11.6 Å². The van der Waals surface area contributed by atoms with Gasteiger partial charge in [-0.2, -0.15) is 0 Å². The lowest BCUT2D eigenvalue weighted by Gasteiger charge is -2.21. The van der Waals surface area contributed by atoms with E-state index in [2.05, 4.69) is 16.0 Å². The normalized spacial score (nSPS) is 18.6. The van der Waals surface area contributed by atoms with Gasteiger partial charge in [-0.05, 0) is 37.3 Å². The summed E-state index contributed by atoms with van der Waals surface area (Å²) in [5.41, 5.74) is 3.46. The van der Waals surface area contributed by atoms with Gasteiger partial charge in [-0.15, -0.1) is 0 Å². The number of para-hydroxylation sites is 1. The Labute approximate surface area is 150 Å². The lowest BCUT2D eigenvalue weighted by molar-refractivity contribution is -0.126. The van der Waals surface area contributed by atoms with Crippen molar-refractivity contribution < 1.29 is 14.7 Å². The number of halogens is 1. The fourth-order valence-corrected chi connectivity index (χ4v) is 4.24. The summed E-state index contributed by atoms with van der Waals surface area (Å²) in [5, 5.41) is 14.8. The zero-order valence-electron chi connectivity index (χ0n) is 13.8. The molecular formula is C18H20ClN3O3. The second kappa shape index (κ2) is 6.35. The number of rotatable bonds is 4. The highest BCUT2D eigenvalue weighted by atomic mass is 35.5. The summed E-state index contributed by atoms with van der Waals surface area (Å²) in [4.78, 5) is 24.5. The minimum atomic E-state index is -0.842. The number of urea groups is 1. The Kier molecular flexibility index (Phi) is 4.17. The van der Waals surface area contributed by atoms with Crippen LogP contribution in [0.2, 0.25) is 5.02 Å². The van der Waals surface area contributed by atoms with E-state index in [1.165, 1.54) is 11.3 Å². The highest BCUT2D eigenvalue weighted by molar-refractivity contribution is 6.35. The maximum Gasteiger partial charge on any atom is 0.324 e. The van der Waals surface area contributed by atoms with Gasteiger partial charge in [0.25, 0.3) is 0 Å². The van der Waals surface area contributed by atoms with E-state index in [1.54, 1.807) is 0 Å². The van der Waals surface area contributed by atoms with E-state index < -0.39 is 12.1 Å². The molecule has 0 unspecified atom stereocenters. The van der Waals surface area contributed by atoms with Crippen LogP contribution in [0.25, 0.3) is 10.9 Å². The molecule has 3 amide bonds. The van der Waals surface area contributed by atoms with Crippen LogP contribution in [0.1, 0.15) is 24.1 Å². The first kappa shape index (κ1) is 16.4. The van der Waals surface area contributed by atoms with E-state index >= 15 is 0 Å². The van der Waals surface area contributed by atoms with Crippen molar-refractivity contribution in [2.24, 2.45) is 0 Å². The molecule has 25 heavy (non-hydrogen) atoms. The number of nitrogens with one attached hydrogen (secondary N) is 1. The Morgan fingerprint density at radius 3 is 2.76 bits per heavy atom. The highest BCUT2D eigenvalue weighted by Crippen LogP contribution is 2.35. The molecule has 1 aliphatic carbocycles. The van der Waals surface area contributed by atoms with Crippen molar-refractivity contribution in [1.29, 1.82) is 0 Å². The number of nitrogens with zero attached hydrogens (tertiary/aromatic N) is 2. The number of hydrogen-bond acceptors (Lipinski definition) is 3. The van der Waals surface area contributed by atoms with Crippen molar-refractivity contribution in [2.75, 3.05) is 13.1 Å². The van der Waals surface area contributed by atoms with Crippen LogP contribution in [0, 0.1) is 0 Å². The van der Waals surface area contributed by atoms with E-state index in [-0.39, 0.29) is 19.0 Å². The van der Waals surface area contributed by atoms with E-state index in [0.29, 0.717) is 11.6 Å². The van der Waals surface area contributed by atoms with Gasteiger partial charge in [-0.25, -0.2) is 4.79 Å². The zero-order chi connectivity index (χ0) is 17.6. The molecule has 2 aromatic rings. The van der Waals surface area contributed by atoms with Gasteiger partial charge in [0.15, 0.2) is 0 Å². The zero-order valence-corrected chi connectivity index (χ0v) is 14.6. The number of amides is 3. The lowest BCUT2D eigenvalue weighted by Crippen LogP contribution is -2.39. The summed E-state index contributed by atoms with van der Waals surface area (Å²) in [6.45, 7) is 0.301. The van der Waals surface area contributed by atoms with Gasteiger partial charge in [0.1, 0.15) is 0 Å². The predicted molar refractivity (Wildman–Crippen MR) is 94.7 cm³/mol. The van der Waals surface area contributed by atoms with Crippen LogP contribution in [0.4, 0.5) is 4.79 Å². The van der Waals surface area contributed by atoms with Crippen molar-refractivity contribution >= 4 is 34.4 Å². The fraction of sp³-hybridized carbons (Fsp3) is 0.444. The largest absolute Gasteiger partial charge is 0.389 e. The lowest BCUT2D eigenvalue weighted by atomic mass is 9.95. The van der Waals surface area contributed by atoms with Crippen molar-refractivity contribution in [2.45, 2.75) is 38.3 Å². The molecular weight excluding hydrogens is 342 g/mol. The molecule has 0 spiro atoms. The third kappa shape index (κ3) is 2.79. The van der Waals surface area contributed by atoms with Crippen LogP contribution >= 0.6 is 11.6 Å². The number of imide groups is 1. The smallest absolute Gasteiger partial charge is 0.324 e. The maximum absolute atomic E-state index is 11.7. The molecule has 1 atom stereocenters. The van der Waals surface area contributed by atoms with Gasteiger partial charge in [0, 0.05) is 11.1 Å². The number of aliphatic hydroxyl groups is 1. The minimum absolute atomic E-state index is 0.000764. The molecule has 4 rings (SSSR count). The SMILES string of the molecule is O=C1CNC(=O)N1C[C@H](O)Cn1c2c(c3cccc(Cl)c31)CCCC2. The second-order valence-electron chi connectivity index (χ2n) is 6.70. The highest BCUT2D eigenvalue weighted by Gasteiger charge is 2.31. The maximum atomic E-state index is 11.7. The van der Waals surface area contributed by atoms with Crippen LogP contribution in [-0.2, 0) is 24.2 Å². The molecule has 1 saturated heterocycles. The predicted octanol–water partition coefficient (Wildman–Crippen LogP) is 2.09. The molecule has 0 bridgehead atoms. The average molecular weight is 362 g/mol. The topological polar surface area (TPSA) is 74.6 Å². The third-order valence-corrected chi connectivity index (χ3v) is 5.38. The van der Waals surface area contributed by atoms with Crippen LogP contribution in [0.5, 0.6) is 0 Å². The first-order chi connectivity index (χ1) is 12.1. The minimum Gasteiger partial charge on any atom is -0.389 e. The summed E-state index contributed by atoms with van der Waals surface area (Å²) in [6.07, 6.45) is 3.40. The number of fused-ring (bicyclic) bond motifs is 3. The third-order valence-electron chi connectivity index (χ3n) is 5.07. The number of carbonyl (C=O) groups is 2. The van der Waals surface area contributed by atoms with Gasteiger partial charge in [0.2, 0.25) is 5.91 Å². The molecule has 132 valence electrons. The van der Waals surface area contributed by atoms with E-state index in [0.717, 1.165) is 41.5 Å². The Bertz CT molecular complexity index is 845. The van der Waals surface area contributed by atoms with Crippen molar-refractivity contribution in [3.63, 3.8) is 0 Å². The number of aromatic nitrogens is 1. The van der Waals surface area contributed by atoms with Crippen LogP contribution < -0.4 is 5.32 Å². The number of carbonyl (C=O) groups excluding carboxylic acids is 2. The molecule has 0 radical (unpaired) electrons. The quantitative estimate of drug-likeness (QED) is 0.819. The molecule has 7 heteroatoms. The van der Waals surface area contributed by atoms with E-state index in [9.17, 15) is 14.7 Å². The molecule has 2 aliphatic rings. The second-order valence-corrected chi connectivity index (χ2v) is 7.10. The number of benzene rings is 1. The Balaban J connectivity index is 1.67. The molecule has 1 fully saturated rings. The van der Waals surface area contributed by atoms with E-state index in [1.807, 2.05) is 12.1 Å². The van der Waals surface area contributed by atoms with Gasteiger partial charge < -0.3 is 15.0 Å². The summed E-state index contributed by atoms with van der Waals surface area (Å²) >= 11 is 6.45. The molecule has 2 N–H and O–H groups in total. The first-order valence-electron chi connectivity index (χ1n) is 8.61. The standard InChI is InChI=1S/C18H20ClN3O3/c19-14-6-3-5-13-12-4-1-2-7-15(12)21(17(13)14)9-11(23)10-22-16(24)8-20-18(22)25/h3,5-6,11,23H,1-2,4,7-10H2,(H,20,25)/t11-/m1/s1. The number of hydrogen-bond donors (Lipinski definition) is 2. The van der Waals surface area contributed by atoms with Crippen LogP contribution in [0.15, 0.2) is 18.2 Å². The monoisotopic (exact) mass is 361 g/mol. The molecule has 6 nitrogen and oxygen atoms in total.